The molecule has 0 bridgehead atoms. The van der Waals surface area contributed by atoms with Crippen molar-refractivity contribution >= 4 is 45.0 Å². The first-order chi connectivity index (χ1) is 12.8. The second-order valence-corrected chi connectivity index (χ2v) is 6.32. The number of halogens is 1. The molecule has 0 saturated carbocycles. The smallest absolute Gasteiger partial charge is 0.338 e. The number of nitro benzene ring substituents is 1. The number of anilines is 1. The number of fused-ring (bicyclic) bond motifs is 1. The first kappa shape index (κ1) is 18.5. The quantitative estimate of drug-likeness (QED) is 0.331. The molecule has 0 radical (unpaired) electrons. The molecular formula is C17H11BrN2O7. The third-order valence-corrected chi connectivity index (χ3v) is 4.32. The number of carbonyl (C=O) groups is 3. The number of hydrogen-bond donors (Lipinski definition) is 1. The van der Waals surface area contributed by atoms with Crippen LogP contribution in [0.5, 0.6) is 5.75 Å². The molecule has 1 aliphatic rings. The standard InChI is InChI=1S/C17H11BrN2O7/c18-11-3-1-10(6-13(11)20(24)25)17(23)27-7-14(21)9-2-4-15-12(5-9)19-16(22)8-26-15/h1-6H,7-8H2,(H,19,22). The van der Waals surface area contributed by atoms with Crippen molar-refractivity contribution in [1.29, 1.82) is 0 Å². The lowest BCUT2D eigenvalue weighted by Crippen LogP contribution is -2.25. The lowest BCUT2D eigenvalue weighted by atomic mass is 10.1. The van der Waals surface area contributed by atoms with E-state index in [1.165, 1.54) is 30.3 Å². The van der Waals surface area contributed by atoms with Gasteiger partial charge in [0.05, 0.1) is 20.6 Å². The molecule has 2 aromatic carbocycles. The molecule has 9 nitrogen and oxygen atoms in total. The number of ketones is 1. The van der Waals surface area contributed by atoms with Gasteiger partial charge in [-0.05, 0) is 46.3 Å². The number of benzene rings is 2. The maximum absolute atomic E-state index is 12.2. The summed E-state index contributed by atoms with van der Waals surface area (Å²) in [5, 5.41) is 13.5. The van der Waals surface area contributed by atoms with Crippen molar-refractivity contribution in [1.82, 2.24) is 0 Å². The maximum Gasteiger partial charge on any atom is 0.338 e. The number of rotatable bonds is 5. The Morgan fingerprint density at radius 1 is 1.22 bits per heavy atom. The van der Waals surface area contributed by atoms with Gasteiger partial charge < -0.3 is 14.8 Å². The Morgan fingerprint density at radius 2 is 1.96 bits per heavy atom. The summed E-state index contributed by atoms with van der Waals surface area (Å²) in [5.41, 5.74) is 0.228. The normalized spacial score (nSPS) is 12.4. The molecule has 27 heavy (non-hydrogen) atoms. The Balaban J connectivity index is 1.68. The van der Waals surface area contributed by atoms with E-state index in [2.05, 4.69) is 21.2 Å². The molecule has 1 heterocycles. The predicted molar refractivity (Wildman–Crippen MR) is 96.0 cm³/mol. The highest BCUT2D eigenvalue weighted by molar-refractivity contribution is 9.10. The van der Waals surface area contributed by atoms with Crippen molar-refractivity contribution in [2.75, 3.05) is 18.5 Å². The average Bonchev–Trinajstić information content (AvgIpc) is 2.65. The van der Waals surface area contributed by atoms with E-state index in [-0.39, 0.29) is 33.8 Å². The minimum absolute atomic E-state index is 0.0520. The molecule has 0 saturated heterocycles. The van der Waals surface area contributed by atoms with Crippen LogP contribution in [0, 0.1) is 10.1 Å². The second-order valence-electron chi connectivity index (χ2n) is 5.47. The Bertz CT molecular complexity index is 974. The van der Waals surface area contributed by atoms with Gasteiger partial charge in [0.2, 0.25) is 0 Å². The van der Waals surface area contributed by atoms with Crippen LogP contribution >= 0.6 is 15.9 Å². The Labute approximate surface area is 160 Å². The number of esters is 1. The summed E-state index contributed by atoms with van der Waals surface area (Å²) in [6, 6.07) is 8.19. The molecule has 0 unspecified atom stereocenters. The van der Waals surface area contributed by atoms with Gasteiger partial charge in [-0.3, -0.25) is 19.7 Å². The summed E-state index contributed by atoms with van der Waals surface area (Å²) in [6.45, 7) is -0.659. The predicted octanol–water partition coefficient (Wildman–Crippen LogP) is 2.73. The van der Waals surface area contributed by atoms with Gasteiger partial charge in [-0.25, -0.2) is 4.79 Å². The Morgan fingerprint density at radius 3 is 2.70 bits per heavy atom. The first-order valence-electron chi connectivity index (χ1n) is 7.56. The summed E-state index contributed by atoms with van der Waals surface area (Å²) < 4.78 is 10.4. The molecule has 0 spiro atoms. The lowest BCUT2D eigenvalue weighted by molar-refractivity contribution is -0.385. The van der Waals surface area contributed by atoms with Crippen molar-refractivity contribution in [3.05, 3.63) is 62.1 Å². The molecule has 0 fully saturated rings. The van der Waals surface area contributed by atoms with Gasteiger partial charge in [0.1, 0.15) is 5.75 Å². The highest BCUT2D eigenvalue weighted by atomic mass is 79.9. The highest BCUT2D eigenvalue weighted by Crippen LogP contribution is 2.29. The van der Waals surface area contributed by atoms with E-state index in [0.717, 1.165) is 6.07 Å². The van der Waals surface area contributed by atoms with Crippen LogP contribution in [0.3, 0.4) is 0 Å². The van der Waals surface area contributed by atoms with E-state index in [1.54, 1.807) is 0 Å². The zero-order chi connectivity index (χ0) is 19.6. The van der Waals surface area contributed by atoms with Crippen molar-refractivity contribution in [2.45, 2.75) is 0 Å². The molecule has 3 rings (SSSR count). The van der Waals surface area contributed by atoms with E-state index < -0.39 is 23.3 Å². The molecule has 138 valence electrons. The molecule has 1 aliphatic heterocycles. The van der Waals surface area contributed by atoms with Crippen LogP contribution in [-0.2, 0) is 9.53 Å². The Kier molecular flexibility index (Phi) is 5.17. The fourth-order valence-corrected chi connectivity index (χ4v) is 2.73. The number of hydrogen-bond acceptors (Lipinski definition) is 7. The van der Waals surface area contributed by atoms with Crippen LogP contribution in [0.25, 0.3) is 0 Å². The van der Waals surface area contributed by atoms with E-state index in [9.17, 15) is 24.5 Å². The number of nitrogens with zero attached hydrogens (tertiary/aromatic N) is 1. The number of carbonyl (C=O) groups excluding carboxylic acids is 3. The van der Waals surface area contributed by atoms with Crippen LogP contribution in [-0.4, -0.2) is 35.8 Å². The number of ether oxygens (including phenoxy) is 2. The SMILES string of the molecule is O=C1COc2ccc(C(=O)COC(=O)c3ccc(Br)c([N+](=O)[O-])c3)cc2N1. The average molecular weight is 435 g/mol. The molecule has 1 amide bonds. The fourth-order valence-electron chi connectivity index (χ4n) is 2.33. The van der Waals surface area contributed by atoms with Gasteiger partial charge in [-0.15, -0.1) is 0 Å². The summed E-state index contributed by atoms with van der Waals surface area (Å²) in [6.07, 6.45) is 0. The third kappa shape index (κ3) is 4.11. The van der Waals surface area contributed by atoms with Crippen LogP contribution in [0.1, 0.15) is 20.7 Å². The minimum Gasteiger partial charge on any atom is -0.482 e. The lowest BCUT2D eigenvalue weighted by Gasteiger charge is -2.18. The zero-order valence-corrected chi connectivity index (χ0v) is 15.1. The number of nitrogens with one attached hydrogen (secondary N) is 1. The van der Waals surface area contributed by atoms with Gasteiger partial charge in [0, 0.05) is 11.6 Å². The topological polar surface area (TPSA) is 125 Å². The summed E-state index contributed by atoms with van der Waals surface area (Å²) in [5.74, 6) is -1.27. The van der Waals surface area contributed by atoms with E-state index in [0.29, 0.717) is 11.4 Å². The number of Topliss-reactive ketones (excluding diaryl/α,β-unsaturated/α-hetero) is 1. The van der Waals surface area contributed by atoms with Crippen LogP contribution in [0.15, 0.2) is 40.9 Å². The van der Waals surface area contributed by atoms with Crippen molar-refractivity contribution < 1.29 is 28.8 Å². The van der Waals surface area contributed by atoms with Gasteiger partial charge in [-0.2, -0.15) is 0 Å². The Hall–Kier alpha value is -3.27. The molecule has 2 aromatic rings. The summed E-state index contributed by atoms with van der Waals surface area (Å²) in [4.78, 5) is 45.9. The van der Waals surface area contributed by atoms with Crippen molar-refractivity contribution in [3.8, 4) is 5.75 Å². The van der Waals surface area contributed by atoms with Gasteiger partial charge in [0.15, 0.2) is 19.0 Å². The van der Waals surface area contributed by atoms with E-state index in [4.69, 9.17) is 9.47 Å². The van der Waals surface area contributed by atoms with Crippen LogP contribution in [0.4, 0.5) is 11.4 Å². The van der Waals surface area contributed by atoms with Crippen molar-refractivity contribution in [2.24, 2.45) is 0 Å². The van der Waals surface area contributed by atoms with Gasteiger partial charge in [0.25, 0.3) is 11.6 Å². The van der Waals surface area contributed by atoms with Crippen molar-refractivity contribution in [3.63, 3.8) is 0 Å². The molecule has 0 aromatic heterocycles. The minimum atomic E-state index is -0.867. The molecule has 1 N–H and O–H groups in total. The number of nitro groups is 1. The summed E-state index contributed by atoms with van der Waals surface area (Å²) in [7, 11) is 0. The number of amides is 1. The maximum atomic E-state index is 12.2. The molecule has 10 heteroatoms. The largest absolute Gasteiger partial charge is 0.482 e. The van der Waals surface area contributed by atoms with Gasteiger partial charge in [-0.1, -0.05) is 0 Å². The molecular weight excluding hydrogens is 424 g/mol. The zero-order valence-electron chi connectivity index (χ0n) is 13.6. The third-order valence-electron chi connectivity index (χ3n) is 3.65. The monoisotopic (exact) mass is 434 g/mol. The highest BCUT2D eigenvalue weighted by Gasteiger charge is 2.20. The summed E-state index contributed by atoms with van der Waals surface area (Å²) >= 11 is 3.02. The molecule has 0 aliphatic carbocycles. The fraction of sp³-hybridized carbons (Fsp3) is 0.118. The van der Waals surface area contributed by atoms with Crippen LogP contribution < -0.4 is 10.1 Å². The van der Waals surface area contributed by atoms with E-state index in [1.807, 2.05) is 0 Å². The first-order valence-corrected chi connectivity index (χ1v) is 8.35. The molecule has 0 atom stereocenters. The second kappa shape index (κ2) is 7.54. The van der Waals surface area contributed by atoms with Gasteiger partial charge >= 0.3 is 5.97 Å². The van der Waals surface area contributed by atoms with E-state index >= 15 is 0 Å². The van der Waals surface area contributed by atoms with Crippen LogP contribution in [0.2, 0.25) is 0 Å².